The van der Waals surface area contributed by atoms with Crippen LogP contribution in [0.3, 0.4) is 0 Å². The van der Waals surface area contributed by atoms with Crippen molar-refractivity contribution < 1.29 is 0 Å². The van der Waals surface area contributed by atoms with Crippen molar-refractivity contribution in [2.24, 2.45) is 0 Å². The van der Waals surface area contributed by atoms with Crippen LogP contribution in [0, 0.1) is 0 Å². The number of aromatic amines is 1. The van der Waals surface area contributed by atoms with E-state index >= 15 is 0 Å². The van der Waals surface area contributed by atoms with E-state index in [1.807, 2.05) is 0 Å². The first kappa shape index (κ1) is 22.8. The van der Waals surface area contributed by atoms with Crippen LogP contribution in [0.5, 0.6) is 0 Å². The van der Waals surface area contributed by atoms with Crippen LogP contribution in [0.1, 0.15) is 36.8 Å². The Balaban J connectivity index is 0.00000140. The van der Waals surface area contributed by atoms with Gasteiger partial charge in [-0.3, -0.25) is 4.90 Å². The van der Waals surface area contributed by atoms with Crippen LogP contribution in [0.4, 0.5) is 0 Å². The van der Waals surface area contributed by atoms with Crippen molar-refractivity contribution in [2.75, 3.05) is 14.1 Å². The van der Waals surface area contributed by atoms with Gasteiger partial charge < -0.3 is 10.3 Å². The monoisotopic (exact) mass is 419 g/mol. The number of hydrogen-bond donors (Lipinski definition) is 2. The predicted octanol–water partition coefficient (Wildman–Crippen LogP) is 5.50. The van der Waals surface area contributed by atoms with Gasteiger partial charge >= 0.3 is 0 Å². The fourth-order valence-corrected chi connectivity index (χ4v) is 4.57. The minimum absolute atomic E-state index is 0. The van der Waals surface area contributed by atoms with E-state index in [0.29, 0.717) is 6.04 Å². The molecule has 0 saturated heterocycles. The zero-order chi connectivity index (χ0) is 18.0. The molecule has 5 heteroatoms. The summed E-state index contributed by atoms with van der Waals surface area (Å²) in [6.07, 6.45) is 6.99. The Morgan fingerprint density at radius 2 is 1.61 bits per heavy atom. The van der Waals surface area contributed by atoms with E-state index in [1.54, 1.807) is 0 Å². The fraction of sp³-hybridized carbons (Fsp3) is 0.391. The molecule has 1 aliphatic carbocycles. The maximum Gasteiger partial charge on any atom is 0.0457 e. The molecule has 0 radical (unpaired) electrons. The molecular weight excluding hydrogens is 389 g/mol. The van der Waals surface area contributed by atoms with Crippen molar-refractivity contribution in [3.05, 3.63) is 71.9 Å². The molecule has 0 spiro atoms. The maximum absolute atomic E-state index is 3.81. The van der Waals surface area contributed by atoms with Crippen LogP contribution >= 0.6 is 24.8 Å². The average Bonchev–Trinajstić information content (AvgIpc) is 3.10. The van der Waals surface area contributed by atoms with Crippen LogP contribution in [-0.2, 0) is 12.1 Å². The molecule has 2 aromatic carbocycles. The smallest absolute Gasteiger partial charge is 0.0457 e. The van der Waals surface area contributed by atoms with Gasteiger partial charge in [-0.15, -0.1) is 24.8 Å². The third kappa shape index (κ3) is 4.38. The zero-order valence-electron chi connectivity index (χ0n) is 16.7. The number of para-hydroxylation sites is 1. The lowest BCUT2D eigenvalue weighted by Gasteiger charge is -2.45. The summed E-state index contributed by atoms with van der Waals surface area (Å²) >= 11 is 0. The second-order valence-corrected chi connectivity index (χ2v) is 7.81. The Morgan fingerprint density at radius 3 is 2.29 bits per heavy atom. The third-order valence-electron chi connectivity index (χ3n) is 6.24. The van der Waals surface area contributed by atoms with Crippen molar-refractivity contribution in [2.45, 2.75) is 43.8 Å². The van der Waals surface area contributed by atoms with Crippen molar-refractivity contribution >= 4 is 35.7 Å². The number of rotatable bonds is 5. The summed E-state index contributed by atoms with van der Waals surface area (Å²) in [5.41, 5.74) is 4.23. The summed E-state index contributed by atoms with van der Waals surface area (Å²) in [5.74, 6) is 0. The molecule has 1 fully saturated rings. The van der Waals surface area contributed by atoms with Gasteiger partial charge in [-0.25, -0.2) is 0 Å². The van der Waals surface area contributed by atoms with Gasteiger partial charge in [0.1, 0.15) is 0 Å². The first-order chi connectivity index (χ1) is 12.7. The molecule has 0 aliphatic heterocycles. The molecule has 152 valence electrons. The Hall–Kier alpha value is -1.52. The number of benzene rings is 2. The second kappa shape index (κ2) is 9.80. The molecule has 1 aliphatic rings. The summed E-state index contributed by atoms with van der Waals surface area (Å²) in [6.45, 7) is 0.939. The summed E-state index contributed by atoms with van der Waals surface area (Å²) in [4.78, 5) is 5.81. The van der Waals surface area contributed by atoms with Gasteiger partial charge in [0, 0.05) is 35.2 Å². The average molecular weight is 420 g/mol. The number of H-pyrrole nitrogens is 1. The molecule has 2 N–H and O–H groups in total. The van der Waals surface area contributed by atoms with Crippen LogP contribution in [-0.4, -0.2) is 30.0 Å². The Bertz CT molecular complexity index is 852. The summed E-state index contributed by atoms with van der Waals surface area (Å²) in [6, 6.07) is 20.2. The molecule has 0 bridgehead atoms. The molecule has 28 heavy (non-hydrogen) atoms. The van der Waals surface area contributed by atoms with Gasteiger partial charge in [0.05, 0.1) is 0 Å². The largest absolute Gasteiger partial charge is 0.361 e. The highest BCUT2D eigenvalue weighted by molar-refractivity contribution is 5.85. The number of nitrogens with one attached hydrogen (secondary N) is 2. The minimum Gasteiger partial charge on any atom is -0.361 e. The molecule has 4 rings (SSSR count). The highest BCUT2D eigenvalue weighted by Gasteiger charge is 2.38. The molecule has 1 saturated carbocycles. The number of nitrogens with zero attached hydrogens (tertiary/aromatic N) is 1. The number of halogens is 2. The molecule has 0 unspecified atom stereocenters. The van der Waals surface area contributed by atoms with E-state index in [0.717, 1.165) is 6.54 Å². The molecule has 3 nitrogen and oxygen atoms in total. The zero-order valence-corrected chi connectivity index (χ0v) is 18.3. The Labute approximate surface area is 180 Å². The Morgan fingerprint density at radius 1 is 0.964 bits per heavy atom. The van der Waals surface area contributed by atoms with Gasteiger partial charge in [0.2, 0.25) is 0 Å². The number of hydrogen-bond acceptors (Lipinski definition) is 2. The van der Waals surface area contributed by atoms with Crippen LogP contribution < -0.4 is 5.32 Å². The molecule has 3 aromatic rings. The maximum atomic E-state index is 3.81. The highest BCUT2D eigenvalue weighted by Crippen LogP contribution is 2.41. The number of fused-ring (bicyclic) bond motifs is 1. The SMILES string of the molecule is CN(C)C1(c2ccccc2)CCC(NCc2c[nH]c3ccccc23)CC1.Cl.Cl. The number of aromatic nitrogens is 1. The van der Waals surface area contributed by atoms with Crippen molar-refractivity contribution in [1.29, 1.82) is 0 Å². The van der Waals surface area contributed by atoms with E-state index in [4.69, 9.17) is 0 Å². The molecular formula is C23H31Cl2N3. The van der Waals surface area contributed by atoms with E-state index < -0.39 is 0 Å². The second-order valence-electron chi connectivity index (χ2n) is 7.81. The van der Waals surface area contributed by atoms with Gasteiger partial charge in [0.15, 0.2) is 0 Å². The lowest BCUT2D eigenvalue weighted by molar-refractivity contribution is 0.0853. The van der Waals surface area contributed by atoms with Gasteiger partial charge in [-0.2, -0.15) is 0 Å². The predicted molar refractivity (Wildman–Crippen MR) is 124 cm³/mol. The van der Waals surface area contributed by atoms with Crippen LogP contribution in [0.15, 0.2) is 60.8 Å². The van der Waals surface area contributed by atoms with E-state index in [-0.39, 0.29) is 30.4 Å². The lowest BCUT2D eigenvalue weighted by Crippen LogP contribution is -2.47. The first-order valence-electron chi connectivity index (χ1n) is 9.70. The highest BCUT2D eigenvalue weighted by atomic mass is 35.5. The van der Waals surface area contributed by atoms with E-state index in [2.05, 4.69) is 90.1 Å². The summed E-state index contributed by atoms with van der Waals surface area (Å²) in [5, 5.41) is 5.14. The molecule has 1 heterocycles. The quantitative estimate of drug-likeness (QED) is 0.571. The fourth-order valence-electron chi connectivity index (χ4n) is 4.57. The van der Waals surface area contributed by atoms with Crippen molar-refractivity contribution in [1.82, 2.24) is 15.2 Å². The standard InChI is InChI=1S/C23H29N3.2ClH/c1-26(2)23(19-8-4-3-5-9-19)14-12-20(13-15-23)24-16-18-17-25-22-11-7-6-10-21(18)22;;/h3-11,17,20,24-25H,12-16H2,1-2H3;2*1H. The summed E-state index contributed by atoms with van der Waals surface area (Å²) in [7, 11) is 4.46. The normalized spacial score (nSPS) is 21.9. The minimum atomic E-state index is 0. The van der Waals surface area contributed by atoms with Crippen LogP contribution in [0.2, 0.25) is 0 Å². The van der Waals surface area contributed by atoms with Crippen LogP contribution in [0.25, 0.3) is 10.9 Å². The molecule has 0 atom stereocenters. The lowest BCUT2D eigenvalue weighted by atomic mass is 9.74. The van der Waals surface area contributed by atoms with Gasteiger partial charge in [-0.05, 0) is 57.0 Å². The van der Waals surface area contributed by atoms with E-state index in [1.165, 1.54) is 47.7 Å². The van der Waals surface area contributed by atoms with Crippen molar-refractivity contribution in [3.63, 3.8) is 0 Å². The molecule has 1 aromatic heterocycles. The van der Waals surface area contributed by atoms with Gasteiger partial charge in [-0.1, -0.05) is 48.5 Å². The van der Waals surface area contributed by atoms with Gasteiger partial charge in [0.25, 0.3) is 0 Å². The van der Waals surface area contributed by atoms with Crippen molar-refractivity contribution in [3.8, 4) is 0 Å². The topological polar surface area (TPSA) is 31.1 Å². The first-order valence-corrected chi connectivity index (χ1v) is 9.70. The Kier molecular flexibility index (Phi) is 7.97. The molecule has 0 amide bonds. The van der Waals surface area contributed by atoms with E-state index in [9.17, 15) is 0 Å². The third-order valence-corrected chi connectivity index (χ3v) is 6.24. The summed E-state index contributed by atoms with van der Waals surface area (Å²) < 4.78 is 0.